The summed E-state index contributed by atoms with van der Waals surface area (Å²) in [6.45, 7) is 3.35. The highest BCUT2D eigenvalue weighted by Crippen LogP contribution is 2.20. The molecule has 0 radical (unpaired) electrons. The molecule has 1 aromatic rings. The Hall–Kier alpha value is -1.36. The minimum atomic E-state index is 0.448. The second-order valence-corrected chi connectivity index (χ2v) is 4.93. The molecule has 0 aliphatic heterocycles. The van der Waals surface area contributed by atoms with Gasteiger partial charge in [-0.05, 0) is 19.8 Å². The van der Waals surface area contributed by atoms with Crippen LogP contribution in [0.15, 0.2) is 6.07 Å². The molecule has 1 aliphatic rings. The molecular weight excluding hydrogens is 242 g/mol. The van der Waals surface area contributed by atoms with Gasteiger partial charge in [-0.15, -0.1) is 0 Å². The van der Waals surface area contributed by atoms with Gasteiger partial charge in [-0.3, -0.25) is 0 Å². The molecule has 0 spiro atoms. The van der Waals surface area contributed by atoms with Gasteiger partial charge in [-0.1, -0.05) is 19.3 Å². The number of nitrogens with zero attached hydrogens (tertiary/aromatic N) is 2. The fraction of sp³-hybridized carbons (Fsp3) is 0.714. The van der Waals surface area contributed by atoms with Crippen LogP contribution in [0, 0.1) is 6.92 Å². The van der Waals surface area contributed by atoms with E-state index in [1.165, 1.54) is 32.1 Å². The van der Waals surface area contributed by atoms with Crippen LogP contribution >= 0.6 is 0 Å². The van der Waals surface area contributed by atoms with Crippen LogP contribution in [0.25, 0.3) is 0 Å². The molecule has 106 valence electrons. The average Bonchev–Trinajstić information content (AvgIpc) is 2.44. The average molecular weight is 265 g/mol. The van der Waals surface area contributed by atoms with Crippen LogP contribution in [0.5, 0.6) is 5.88 Å². The number of anilines is 1. The normalized spacial score (nSPS) is 16.3. The van der Waals surface area contributed by atoms with Crippen LogP contribution in [0.2, 0.25) is 0 Å². The summed E-state index contributed by atoms with van der Waals surface area (Å²) in [5.74, 6) is 1.19. The highest BCUT2D eigenvalue weighted by molar-refractivity contribution is 5.30. The van der Waals surface area contributed by atoms with Gasteiger partial charge in [-0.25, -0.2) is 4.98 Å². The van der Waals surface area contributed by atoms with Gasteiger partial charge in [-0.2, -0.15) is 4.98 Å². The number of aromatic nitrogens is 2. The van der Waals surface area contributed by atoms with Crippen LogP contribution in [0.1, 0.15) is 37.8 Å². The Morgan fingerprint density at radius 2 is 2.05 bits per heavy atom. The molecule has 0 bridgehead atoms. The first kappa shape index (κ1) is 14.1. The number of aryl methyl sites for hydroxylation is 1. The van der Waals surface area contributed by atoms with Crippen molar-refractivity contribution in [2.24, 2.45) is 0 Å². The lowest BCUT2D eigenvalue weighted by atomic mass is 9.98. The van der Waals surface area contributed by atoms with Crippen molar-refractivity contribution in [3.05, 3.63) is 11.8 Å². The van der Waals surface area contributed by atoms with E-state index < -0.39 is 0 Å². The van der Waals surface area contributed by atoms with Gasteiger partial charge >= 0.3 is 0 Å². The van der Waals surface area contributed by atoms with Gasteiger partial charge in [0.15, 0.2) is 0 Å². The van der Waals surface area contributed by atoms with E-state index in [4.69, 9.17) is 9.47 Å². The molecule has 5 heteroatoms. The second kappa shape index (κ2) is 7.28. The van der Waals surface area contributed by atoms with Crippen LogP contribution in [-0.4, -0.2) is 36.3 Å². The smallest absolute Gasteiger partial charge is 0.226 e. The molecule has 0 amide bonds. The Kier molecular flexibility index (Phi) is 5.39. The van der Waals surface area contributed by atoms with Gasteiger partial charge in [0.1, 0.15) is 0 Å². The standard InChI is InChI=1S/C14H23N3O2/c1-11-10-13(18-2)17-14(16-11)15-8-9-19-12-6-4-3-5-7-12/h10,12H,3-9H2,1-2H3,(H,15,16,17). The van der Waals surface area contributed by atoms with Crippen molar-refractivity contribution in [1.82, 2.24) is 9.97 Å². The van der Waals surface area contributed by atoms with E-state index in [9.17, 15) is 0 Å². The van der Waals surface area contributed by atoms with Gasteiger partial charge in [0.05, 0.1) is 19.8 Å². The van der Waals surface area contributed by atoms with Crippen molar-refractivity contribution in [1.29, 1.82) is 0 Å². The van der Waals surface area contributed by atoms with Gasteiger partial charge in [0.25, 0.3) is 0 Å². The highest BCUT2D eigenvalue weighted by Gasteiger charge is 2.13. The second-order valence-electron chi connectivity index (χ2n) is 4.93. The number of methoxy groups -OCH3 is 1. The van der Waals surface area contributed by atoms with Crippen molar-refractivity contribution in [3.63, 3.8) is 0 Å². The summed E-state index contributed by atoms with van der Waals surface area (Å²) in [4.78, 5) is 8.54. The Labute approximate surface area is 114 Å². The molecule has 1 N–H and O–H groups in total. The Morgan fingerprint density at radius 1 is 1.26 bits per heavy atom. The maximum Gasteiger partial charge on any atom is 0.226 e. The summed E-state index contributed by atoms with van der Waals surface area (Å²) in [5.41, 5.74) is 0.891. The minimum Gasteiger partial charge on any atom is -0.481 e. The van der Waals surface area contributed by atoms with Gasteiger partial charge < -0.3 is 14.8 Å². The largest absolute Gasteiger partial charge is 0.481 e. The third-order valence-electron chi connectivity index (χ3n) is 3.33. The number of hydrogen-bond acceptors (Lipinski definition) is 5. The topological polar surface area (TPSA) is 56.3 Å². The Bertz CT molecular complexity index is 392. The van der Waals surface area contributed by atoms with Crippen molar-refractivity contribution in [2.45, 2.75) is 45.1 Å². The summed E-state index contributed by atoms with van der Waals surface area (Å²) in [7, 11) is 1.61. The Morgan fingerprint density at radius 3 is 2.79 bits per heavy atom. The summed E-state index contributed by atoms with van der Waals surface area (Å²) < 4.78 is 11.0. The molecule has 2 rings (SSSR count). The van der Waals surface area contributed by atoms with Crippen molar-refractivity contribution < 1.29 is 9.47 Å². The SMILES string of the molecule is COc1cc(C)nc(NCCOC2CCCCC2)n1. The number of ether oxygens (including phenoxy) is 2. The zero-order valence-corrected chi connectivity index (χ0v) is 11.8. The fourth-order valence-corrected chi connectivity index (χ4v) is 2.34. The van der Waals surface area contributed by atoms with E-state index >= 15 is 0 Å². The van der Waals surface area contributed by atoms with Crippen LogP contribution in [0.3, 0.4) is 0 Å². The first-order valence-corrected chi connectivity index (χ1v) is 7.03. The van der Waals surface area contributed by atoms with E-state index in [1.807, 2.05) is 13.0 Å². The molecule has 0 aromatic carbocycles. The molecular formula is C14H23N3O2. The zero-order chi connectivity index (χ0) is 13.5. The predicted octanol–water partition coefficient (Wildman–Crippen LogP) is 2.55. The maximum absolute atomic E-state index is 5.84. The lowest BCUT2D eigenvalue weighted by Gasteiger charge is -2.22. The summed E-state index contributed by atoms with van der Waals surface area (Å²) in [5, 5.41) is 3.17. The molecule has 1 heterocycles. The van der Waals surface area contributed by atoms with E-state index in [1.54, 1.807) is 7.11 Å². The number of nitrogens with one attached hydrogen (secondary N) is 1. The fourth-order valence-electron chi connectivity index (χ4n) is 2.34. The van der Waals surface area contributed by atoms with Crippen LogP contribution < -0.4 is 10.1 Å². The number of hydrogen-bond donors (Lipinski definition) is 1. The molecule has 0 atom stereocenters. The molecule has 1 aliphatic carbocycles. The molecule has 19 heavy (non-hydrogen) atoms. The van der Waals surface area contributed by atoms with E-state index in [-0.39, 0.29) is 0 Å². The van der Waals surface area contributed by atoms with E-state index in [0.717, 1.165) is 12.2 Å². The van der Waals surface area contributed by atoms with Crippen LogP contribution in [-0.2, 0) is 4.74 Å². The third-order valence-corrected chi connectivity index (χ3v) is 3.33. The third kappa shape index (κ3) is 4.67. The molecule has 5 nitrogen and oxygen atoms in total. The lowest BCUT2D eigenvalue weighted by Crippen LogP contribution is -2.21. The Balaban J connectivity index is 1.71. The zero-order valence-electron chi connectivity index (χ0n) is 11.8. The summed E-state index contributed by atoms with van der Waals surface area (Å²) >= 11 is 0. The lowest BCUT2D eigenvalue weighted by molar-refractivity contribution is 0.0347. The van der Waals surface area contributed by atoms with Gasteiger partial charge in [0.2, 0.25) is 11.8 Å². The van der Waals surface area contributed by atoms with Gasteiger partial charge in [0, 0.05) is 18.3 Å². The monoisotopic (exact) mass is 265 g/mol. The van der Waals surface area contributed by atoms with Crippen LogP contribution in [0.4, 0.5) is 5.95 Å². The van der Waals surface area contributed by atoms with Crippen molar-refractivity contribution >= 4 is 5.95 Å². The van der Waals surface area contributed by atoms with Crippen molar-refractivity contribution in [2.75, 3.05) is 25.6 Å². The van der Waals surface area contributed by atoms with E-state index in [0.29, 0.717) is 24.5 Å². The first-order valence-electron chi connectivity index (χ1n) is 7.03. The van der Waals surface area contributed by atoms with Crippen molar-refractivity contribution in [3.8, 4) is 5.88 Å². The summed E-state index contributed by atoms with van der Waals surface area (Å²) in [6, 6.07) is 1.81. The first-order chi connectivity index (χ1) is 9.28. The molecule has 1 aromatic heterocycles. The molecule has 0 unspecified atom stereocenters. The predicted molar refractivity (Wildman–Crippen MR) is 74.6 cm³/mol. The maximum atomic E-state index is 5.84. The minimum absolute atomic E-state index is 0.448. The van der Waals surface area contributed by atoms with E-state index in [2.05, 4.69) is 15.3 Å². The quantitative estimate of drug-likeness (QED) is 0.801. The molecule has 1 fully saturated rings. The summed E-state index contributed by atoms with van der Waals surface area (Å²) in [6.07, 6.45) is 6.81. The highest BCUT2D eigenvalue weighted by atomic mass is 16.5. The molecule has 1 saturated carbocycles. The molecule has 0 saturated heterocycles. The number of rotatable bonds is 6.